The number of nitrogens with zero attached hydrogens (tertiary/aromatic N) is 2. The average molecular weight is 288 g/mol. The average Bonchev–Trinajstić information content (AvgIpc) is 2.77. The summed E-state index contributed by atoms with van der Waals surface area (Å²) in [7, 11) is -3.81. The second-order valence-corrected chi connectivity index (χ2v) is 6.00. The van der Waals surface area contributed by atoms with Gasteiger partial charge in [-0.25, -0.2) is 12.8 Å². The van der Waals surface area contributed by atoms with E-state index in [-0.39, 0.29) is 21.1 Å². The van der Waals surface area contributed by atoms with E-state index in [9.17, 15) is 12.8 Å². The van der Waals surface area contributed by atoms with E-state index in [2.05, 4.69) is 14.3 Å². The molecule has 0 unspecified atom stereocenters. The van der Waals surface area contributed by atoms with Crippen LogP contribution in [0.3, 0.4) is 0 Å². The third kappa shape index (κ3) is 2.41. The molecule has 6 nitrogen and oxygen atoms in total. The van der Waals surface area contributed by atoms with Crippen molar-refractivity contribution < 1.29 is 12.8 Å². The van der Waals surface area contributed by atoms with Crippen molar-refractivity contribution in [2.24, 2.45) is 0 Å². The Morgan fingerprint density at radius 1 is 1.44 bits per heavy atom. The van der Waals surface area contributed by atoms with Gasteiger partial charge in [0.15, 0.2) is 0 Å². The fourth-order valence-corrected chi connectivity index (χ4v) is 3.13. The number of hydrogen-bond donors (Lipinski definition) is 2. The molecule has 0 atom stereocenters. The molecule has 0 spiro atoms. The minimum absolute atomic E-state index is 0.104. The number of sulfonamides is 1. The van der Waals surface area contributed by atoms with Crippen LogP contribution in [0.5, 0.6) is 0 Å². The lowest BCUT2D eigenvalue weighted by Crippen LogP contribution is -2.13. The molecule has 0 radical (unpaired) electrons. The normalized spacial score (nSPS) is 11.4. The molecule has 96 valence electrons. The van der Waals surface area contributed by atoms with Crippen LogP contribution in [-0.2, 0) is 10.0 Å². The molecule has 0 aliphatic carbocycles. The van der Waals surface area contributed by atoms with Gasteiger partial charge in [0.05, 0.1) is 16.8 Å². The maximum absolute atomic E-state index is 13.3. The third-order valence-electron chi connectivity index (χ3n) is 2.16. The van der Waals surface area contributed by atoms with E-state index in [0.717, 1.165) is 17.6 Å². The molecule has 0 bridgehead atoms. The maximum atomic E-state index is 13.3. The number of anilines is 2. The van der Waals surface area contributed by atoms with Crippen LogP contribution in [0.1, 0.15) is 5.56 Å². The van der Waals surface area contributed by atoms with E-state index in [0.29, 0.717) is 0 Å². The van der Waals surface area contributed by atoms with E-state index < -0.39 is 15.8 Å². The van der Waals surface area contributed by atoms with Gasteiger partial charge < -0.3 is 5.73 Å². The van der Waals surface area contributed by atoms with Crippen LogP contribution in [0.15, 0.2) is 23.2 Å². The van der Waals surface area contributed by atoms with Crippen molar-refractivity contribution in [3.05, 3.63) is 29.7 Å². The van der Waals surface area contributed by atoms with Crippen molar-refractivity contribution in [2.45, 2.75) is 11.8 Å². The Balaban J connectivity index is 2.42. The molecule has 2 aromatic rings. The lowest BCUT2D eigenvalue weighted by Gasteiger charge is -2.08. The molecule has 0 amide bonds. The topological polar surface area (TPSA) is 98.0 Å². The minimum Gasteiger partial charge on any atom is -0.396 e. The van der Waals surface area contributed by atoms with E-state index in [4.69, 9.17) is 5.73 Å². The molecule has 0 saturated carbocycles. The van der Waals surface area contributed by atoms with Crippen LogP contribution in [0.2, 0.25) is 0 Å². The van der Waals surface area contributed by atoms with E-state index >= 15 is 0 Å². The fourth-order valence-electron chi connectivity index (χ4n) is 1.32. The molecular weight excluding hydrogens is 279 g/mol. The van der Waals surface area contributed by atoms with Crippen molar-refractivity contribution in [1.29, 1.82) is 0 Å². The molecule has 18 heavy (non-hydrogen) atoms. The molecule has 0 aliphatic rings. The highest BCUT2D eigenvalue weighted by Crippen LogP contribution is 2.23. The van der Waals surface area contributed by atoms with Gasteiger partial charge in [-0.2, -0.15) is 0 Å². The number of halogens is 1. The van der Waals surface area contributed by atoms with Gasteiger partial charge in [0.25, 0.3) is 10.0 Å². The zero-order valence-corrected chi connectivity index (χ0v) is 10.8. The predicted octanol–water partition coefficient (Wildman–Crippen LogP) is 1.37. The summed E-state index contributed by atoms with van der Waals surface area (Å²) in [6.45, 7) is 1.44. The largest absolute Gasteiger partial charge is 0.396 e. The van der Waals surface area contributed by atoms with Crippen LogP contribution in [0.25, 0.3) is 0 Å². The lowest BCUT2D eigenvalue weighted by atomic mass is 10.2. The summed E-state index contributed by atoms with van der Waals surface area (Å²) < 4.78 is 43.1. The van der Waals surface area contributed by atoms with Crippen LogP contribution < -0.4 is 10.5 Å². The van der Waals surface area contributed by atoms with Crippen LogP contribution in [0.4, 0.5) is 15.1 Å². The summed E-state index contributed by atoms with van der Waals surface area (Å²) >= 11 is 0.899. The molecule has 9 heteroatoms. The maximum Gasteiger partial charge on any atom is 0.262 e. The summed E-state index contributed by atoms with van der Waals surface area (Å²) in [4.78, 5) is -0.104. The van der Waals surface area contributed by atoms with Gasteiger partial charge in [0.1, 0.15) is 10.8 Å². The van der Waals surface area contributed by atoms with E-state index in [1.807, 2.05) is 0 Å². The Labute approximate surface area is 107 Å². The number of hydrogen-bond acceptors (Lipinski definition) is 6. The van der Waals surface area contributed by atoms with Gasteiger partial charge in [0, 0.05) is 11.5 Å². The summed E-state index contributed by atoms with van der Waals surface area (Å²) in [5.74, 6) is -0.617. The number of aromatic nitrogens is 2. The van der Waals surface area contributed by atoms with E-state index in [1.54, 1.807) is 0 Å². The number of nitrogen functional groups attached to an aromatic ring is 1. The quantitative estimate of drug-likeness (QED) is 0.831. The van der Waals surface area contributed by atoms with E-state index in [1.165, 1.54) is 19.2 Å². The third-order valence-corrected chi connectivity index (χ3v) is 4.22. The molecule has 3 N–H and O–H groups in total. The van der Waals surface area contributed by atoms with Crippen LogP contribution >= 0.6 is 11.5 Å². The zero-order chi connectivity index (χ0) is 13.3. The fraction of sp³-hybridized carbons (Fsp3) is 0.111. The van der Waals surface area contributed by atoms with Gasteiger partial charge in [-0.15, -0.1) is 5.10 Å². The minimum atomic E-state index is -3.81. The highest BCUT2D eigenvalue weighted by atomic mass is 32.2. The molecule has 0 saturated heterocycles. The summed E-state index contributed by atoms with van der Waals surface area (Å²) in [5, 5.41) is 3.78. The molecule has 2 rings (SSSR count). The Morgan fingerprint density at radius 2 is 2.17 bits per heavy atom. The Hall–Kier alpha value is -1.74. The van der Waals surface area contributed by atoms with Gasteiger partial charge >= 0.3 is 0 Å². The predicted molar refractivity (Wildman–Crippen MR) is 66.3 cm³/mol. The summed E-state index contributed by atoms with van der Waals surface area (Å²) in [6.07, 6.45) is 1.28. The molecule has 1 heterocycles. The molecule has 1 aromatic heterocycles. The van der Waals surface area contributed by atoms with Crippen molar-refractivity contribution >= 4 is 32.2 Å². The molecule has 0 aliphatic heterocycles. The first kappa shape index (κ1) is 12.7. The standard InChI is InChI=1S/C9H9FN4O2S2/c1-5-2-6(3-7(11)9(5)10)18(15,16)13-8-4-12-14-17-8/h2-4,13H,11H2,1H3. The number of nitrogens with one attached hydrogen (secondary N) is 1. The monoisotopic (exact) mass is 288 g/mol. The molecule has 1 aromatic carbocycles. The second kappa shape index (κ2) is 4.50. The number of aryl methyl sites for hydroxylation is 1. The SMILES string of the molecule is Cc1cc(S(=O)(=O)Nc2cnns2)cc(N)c1F. The second-order valence-electron chi connectivity index (χ2n) is 3.53. The van der Waals surface area contributed by atoms with Crippen molar-refractivity contribution in [2.75, 3.05) is 10.5 Å². The Kier molecular flexibility index (Phi) is 3.18. The number of nitrogens with two attached hydrogens (primary N) is 1. The molecule has 0 fully saturated rings. The molecular formula is C9H9FN4O2S2. The van der Waals surface area contributed by atoms with Gasteiger partial charge in [-0.3, -0.25) is 4.72 Å². The van der Waals surface area contributed by atoms with Crippen molar-refractivity contribution in [3.8, 4) is 0 Å². The Bertz CT molecular complexity index is 647. The van der Waals surface area contributed by atoms with Crippen LogP contribution in [0, 0.1) is 12.7 Å². The first-order valence-corrected chi connectivity index (χ1v) is 7.01. The van der Waals surface area contributed by atoms with Crippen molar-refractivity contribution in [3.63, 3.8) is 0 Å². The highest BCUT2D eigenvalue weighted by Gasteiger charge is 2.18. The van der Waals surface area contributed by atoms with Gasteiger partial charge in [-0.1, -0.05) is 4.49 Å². The smallest absolute Gasteiger partial charge is 0.262 e. The number of rotatable bonds is 3. The van der Waals surface area contributed by atoms with Gasteiger partial charge in [-0.05, 0) is 24.6 Å². The van der Waals surface area contributed by atoms with Crippen molar-refractivity contribution in [1.82, 2.24) is 9.59 Å². The first-order chi connectivity index (χ1) is 8.40. The lowest BCUT2D eigenvalue weighted by molar-refractivity contribution is 0.599. The highest BCUT2D eigenvalue weighted by molar-refractivity contribution is 7.93. The number of benzene rings is 1. The van der Waals surface area contributed by atoms with Crippen LogP contribution in [-0.4, -0.2) is 18.0 Å². The summed E-state index contributed by atoms with van der Waals surface area (Å²) in [6, 6.07) is 2.28. The Morgan fingerprint density at radius 3 is 2.72 bits per heavy atom. The first-order valence-electron chi connectivity index (χ1n) is 4.76. The van der Waals surface area contributed by atoms with Gasteiger partial charge in [0.2, 0.25) is 0 Å². The zero-order valence-electron chi connectivity index (χ0n) is 9.21. The summed E-state index contributed by atoms with van der Waals surface area (Å²) in [5.41, 5.74) is 5.36.